The van der Waals surface area contributed by atoms with E-state index < -0.39 is 11.6 Å². The third-order valence-corrected chi connectivity index (χ3v) is 2.26. The van der Waals surface area contributed by atoms with Crippen LogP contribution >= 0.6 is 0 Å². The molecule has 0 aliphatic rings. The maximum Gasteiger partial charge on any atom is 0.331 e. The zero-order chi connectivity index (χ0) is 14.5. The fourth-order valence-corrected chi connectivity index (χ4v) is 1.53. The van der Waals surface area contributed by atoms with Gasteiger partial charge in [0, 0.05) is 6.08 Å². The van der Waals surface area contributed by atoms with Gasteiger partial charge in [0.25, 0.3) is 0 Å². The van der Waals surface area contributed by atoms with E-state index in [1.807, 2.05) is 26.8 Å². The van der Waals surface area contributed by atoms with Crippen LogP contribution in [0, 0.1) is 0 Å². The van der Waals surface area contributed by atoms with E-state index in [0.717, 1.165) is 0 Å². The third kappa shape index (κ3) is 4.66. The number of hydrogen-bond donors (Lipinski definition) is 0. The lowest BCUT2D eigenvalue weighted by Crippen LogP contribution is -2.22. The van der Waals surface area contributed by atoms with Crippen LogP contribution in [0.25, 0.3) is 6.08 Å². The maximum absolute atomic E-state index is 11.6. The van der Waals surface area contributed by atoms with Crippen LogP contribution in [0.2, 0.25) is 0 Å². The highest BCUT2D eigenvalue weighted by Gasteiger charge is 2.14. The summed E-state index contributed by atoms with van der Waals surface area (Å²) in [4.78, 5) is 11.6. The van der Waals surface area contributed by atoms with Crippen molar-refractivity contribution in [3.63, 3.8) is 0 Å². The van der Waals surface area contributed by atoms with Gasteiger partial charge in [-0.05, 0) is 39.0 Å². The molecule has 0 heterocycles. The zero-order valence-corrected chi connectivity index (χ0v) is 12.0. The van der Waals surface area contributed by atoms with Crippen LogP contribution in [0.3, 0.4) is 0 Å². The Balaban J connectivity index is 2.95. The van der Waals surface area contributed by atoms with Gasteiger partial charge < -0.3 is 14.2 Å². The molecule has 0 aliphatic carbocycles. The highest BCUT2D eigenvalue weighted by molar-refractivity contribution is 5.88. The standard InChI is InChI=1S/C15H20O4/c1-15(2,3)19-14(16)10-9-11-12(17-4)7-6-8-13(11)18-5/h6-10H,1-5H3. The summed E-state index contributed by atoms with van der Waals surface area (Å²) in [6.07, 6.45) is 3.00. The van der Waals surface area contributed by atoms with Crippen LogP contribution in [-0.2, 0) is 9.53 Å². The number of esters is 1. The Hall–Kier alpha value is -1.97. The SMILES string of the molecule is COc1cccc(OC)c1C=CC(=O)OC(C)(C)C. The van der Waals surface area contributed by atoms with Crippen LogP contribution in [0.5, 0.6) is 11.5 Å². The number of benzene rings is 1. The van der Waals surface area contributed by atoms with E-state index in [0.29, 0.717) is 17.1 Å². The van der Waals surface area contributed by atoms with Gasteiger partial charge in [0.15, 0.2) is 0 Å². The minimum atomic E-state index is -0.508. The number of carbonyl (C=O) groups excluding carboxylic acids is 1. The Morgan fingerprint density at radius 2 is 1.63 bits per heavy atom. The first kappa shape index (κ1) is 15.1. The van der Waals surface area contributed by atoms with Gasteiger partial charge in [0.05, 0.1) is 19.8 Å². The van der Waals surface area contributed by atoms with Crippen molar-refractivity contribution >= 4 is 12.0 Å². The summed E-state index contributed by atoms with van der Waals surface area (Å²) >= 11 is 0. The van der Waals surface area contributed by atoms with Gasteiger partial charge in [0.1, 0.15) is 17.1 Å². The molecule has 0 atom stereocenters. The van der Waals surface area contributed by atoms with Crippen LogP contribution in [0.15, 0.2) is 24.3 Å². The lowest BCUT2D eigenvalue weighted by Gasteiger charge is -2.18. The molecule has 0 bridgehead atoms. The zero-order valence-electron chi connectivity index (χ0n) is 12.0. The molecular weight excluding hydrogens is 244 g/mol. The van der Waals surface area contributed by atoms with Crippen molar-refractivity contribution in [2.24, 2.45) is 0 Å². The smallest absolute Gasteiger partial charge is 0.331 e. The Kier molecular flexibility index (Phi) is 4.98. The van der Waals surface area contributed by atoms with Crippen molar-refractivity contribution in [3.8, 4) is 11.5 Å². The highest BCUT2D eigenvalue weighted by Crippen LogP contribution is 2.29. The quantitative estimate of drug-likeness (QED) is 0.619. The molecule has 0 unspecified atom stereocenters. The van der Waals surface area contributed by atoms with E-state index in [2.05, 4.69) is 0 Å². The van der Waals surface area contributed by atoms with Gasteiger partial charge in [-0.15, -0.1) is 0 Å². The summed E-state index contributed by atoms with van der Waals surface area (Å²) in [6, 6.07) is 5.43. The van der Waals surface area contributed by atoms with Crippen LogP contribution in [-0.4, -0.2) is 25.8 Å². The highest BCUT2D eigenvalue weighted by atomic mass is 16.6. The molecule has 0 saturated carbocycles. The monoisotopic (exact) mass is 264 g/mol. The average Bonchev–Trinajstić information content (AvgIpc) is 2.33. The fourth-order valence-electron chi connectivity index (χ4n) is 1.53. The molecule has 0 spiro atoms. The molecule has 104 valence electrons. The molecule has 1 aromatic carbocycles. The second-order valence-corrected chi connectivity index (χ2v) is 4.94. The lowest BCUT2D eigenvalue weighted by atomic mass is 10.1. The van der Waals surface area contributed by atoms with Crippen molar-refractivity contribution in [1.29, 1.82) is 0 Å². The van der Waals surface area contributed by atoms with Crippen molar-refractivity contribution < 1.29 is 19.0 Å². The Labute approximate surface area is 114 Å². The van der Waals surface area contributed by atoms with Crippen molar-refractivity contribution in [3.05, 3.63) is 29.8 Å². The molecule has 0 radical (unpaired) electrons. The number of hydrogen-bond acceptors (Lipinski definition) is 4. The van der Waals surface area contributed by atoms with Crippen molar-refractivity contribution in [1.82, 2.24) is 0 Å². The van der Waals surface area contributed by atoms with E-state index in [-0.39, 0.29) is 0 Å². The predicted octanol–water partition coefficient (Wildman–Crippen LogP) is 3.06. The summed E-state index contributed by atoms with van der Waals surface area (Å²) in [5.74, 6) is 0.874. The van der Waals surface area contributed by atoms with E-state index >= 15 is 0 Å². The summed E-state index contributed by atoms with van der Waals surface area (Å²) < 4.78 is 15.7. The second kappa shape index (κ2) is 6.27. The molecule has 1 rings (SSSR count). The molecule has 0 aliphatic heterocycles. The van der Waals surface area contributed by atoms with Crippen LogP contribution < -0.4 is 9.47 Å². The Morgan fingerprint density at radius 1 is 1.11 bits per heavy atom. The summed E-state index contributed by atoms with van der Waals surface area (Å²) in [6.45, 7) is 5.47. The second-order valence-electron chi connectivity index (χ2n) is 4.94. The first-order valence-corrected chi connectivity index (χ1v) is 5.99. The Morgan fingerprint density at radius 3 is 2.05 bits per heavy atom. The Bertz CT molecular complexity index is 447. The van der Waals surface area contributed by atoms with Gasteiger partial charge in [0.2, 0.25) is 0 Å². The van der Waals surface area contributed by atoms with Gasteiger partial charge in [-0.25, -0.2) is 4.79 Å². The fraction of sp³-hybridized carbons (Fsp3) is 0.400. The van der Waals surface area contributed by atoms with Gasteiger partial charge in [-0.2, -0.15) is 0 Å². The molecule has 1 aromatic rings. The van der Waals surface area contributed by atoms with E-state index in [1.54, 1.807) is 32.4 Å². The normalized spacial score (nSPS) is 11.4. The minimum Gasteiger partial charge on any atom is -0.496 e. The first-order chi connectivity index (χ1) is 8.87. The van der Waals surface area contributed by atoms with Crippen molar-refractivity contribution in [2.75, 3.05) is 14.2 Å². The molecule has 0 fully saturated rings. The maximum atomic E-state index is 11.6. The number of carbonyl (C=O) groups is 1. The van der Waals surface area contributed by atoms with Gasteiger partial charge >= 0.3 is 5.97 Å². The van der Waals surface area contributed by atoms with Crippen LogP contribution in [0.4, 0.5) is 0 Å². The summed E-state index contributed by atoms with van der Waals surface area (Å²) in [5, 5.41) is 0. The van der Waals surface area contributed by atoms with Gasteiger partial charge in [-0.3, -0.25) is 0 Å². The summed E-state index contributed by atoms with van der Waals surface area (Å²) in [7, 11) is 3.14. The number of methoxy groups -OCH3 is 2. The summed E-state index contributed by atoms with van der Waals surface area (Å²) in [5.41, 5.74) is 0.199. The lowest BCUT2D eigenvalue weighted by molar-refractivity contribution is -0.148. The largest absolute Gasteiger partial charge is 0.496 e. The van der Waals surface area contributed by atoms with E-state index in [4.69, 9.17) is 14.2 Å². The molecule has 0 aromatic heterocycles. The average molecular weight is 264 g/mol. The molecule has 0 N–H and O–H groups in total. The van der Waals surface area contributed by atoms with E-state index in [9.17, 15) is 4.79 Å². The molecule has 19 heavy (non-hydrogen) atoms. The molecule has 4 nitrogen and oxygen atoms in total. The molecule has 0 amide bonds. The topological polar surface area (TPSA) is 44.8 Å². The number of ether oxygens (including phenoxy) is 3. The minimum absolute atomic E-state index is 0.402. The van der Waals surface area contributed by atoms with Crippen molar-refractivity contribution in [2.45, 2.75) is 26.4 Å². The van der Waals surface area contributed by atoms with E-state index in [1.165, 1.54) is 6.08 Å². The number of rotatable bonds is 4. The van der Waals surface area contributed by atoms with Crippen LogP contribution in [0.1, 0.15) is 26.3 Å². The van der Waals surface area contributed by atoms with Gasteiger partial charge in [-0.1, -0.05) is 6.07 Å². The molecule has 0 saturated heterocycles. The predicted molar refractivity (Wildman–Crippen MR) is 74.4 cm³/mol. The third-order valence-electron chi connectivity index (χ3n) is 2.26. The first-order valence-electron chi connectivity index (χ1n) is 5.99. The molecule has 4 heteroatoms. The molecular formula is C15H20O4.